The Bertz CT molecular complexity index is 779. The average molecular weight is 605 g/mol. The van der Waals surface area contributed by atoms with E-state index < -0.39 is 68.1 Å². The van der Waals surface area contributed by atoms with Gasteiger partial charge in [0.05, 0.1) is 0 Å². The van der Waals surface area contributed by atoms with Gasteiger partial charge >= 0.3 is 228 Å². The Morgan fingerprint density at radius 2 is 1.08 bits per heavy atom. The molecule has 3 fully saturated rings. The first-order valence-electron chi connectivity index (χ1n) is 13.4. The molecule has 0 aromatic rings. The summed E-state index contributed by atoms with van der Waals surface area (Å²) >= 11 is -1.36. The maximum atomic E-state index is 12.1. The van der Waals surface area contributed by atoms with Crippen LogP contribution in [0.1, 0.15) is 91.9 Å². The van der Waals surface area contributed by atoms with Crippen molar-refractivity contribution in [3.63, 3.8) is 0 Å². The Kier molecular flexibility index (Phi) is 12.1. The van der Waals surface area contributed by atoms with Crippen LogP contribution >= 0.6 is 10.0 Å². The van der Waals surface area contributed by atoms with Gasteiger partial charge in [0.1, 0.15) is 0 Å². The van der Waals surface area contributed by atoms with Crippen molar-refractivity contribution in [2.45, 2.75) is 132 Å². The fourth-order valence-corrected chi connectivity index (χ4v) is 18.4. The van der Waals surface area contributed by atoms with E-state index in [4.69, 9.17) is 23.7 Å². The van der Waals surface area contributed by atoms with Crippen LogP contribution in [0.2, 0.25) is 9.41 Å². The Balaban J connectivity index is 1.87. The molecule has 1 saturated heterocycles. The summed E-state index contributed by atoms with van der Waals surface area (Å²) in [4.78, 5) is 47.9. The molecule has 1 aliphatic heterocycles. The summed E-state index contributed by atoms with van der Waals surface area (Å²) in [6, 6.07) is 0. The molecule has 3 aliphatic rings. The third-order valence-electron chi connectivity index (χ3n) is 7.04. The van der Waals surface area contributed by atoms with Gasteiger partial charge in [-0.2, -0.15) is 0 Å². The molecule has 0 amide bonds. The molecule has 0 spiro atoms. The average Bonchev–Trinajstić information content (AvgIpc) is 2.83. The molecule has 9 nitrogen and oxygen atoms in total. The summed E-state index contributed by atoms with van der Waals surface area (Å²) in [7, 11) is 1.97. The van der Waals surface area contributed by atoms with E-state index in [0.717, 1.165) is 9.41 Å². The number of esters is 4. The second-order valence-corrected chi connectivity index (χ2v) is 19.1. The SMILES string of the molecule is CC(=O)OC1OC(CS[As](C2CCCCC2)C2CCCCC2)C(OC(C)=O)C(OC(C)=O)C1OC(C)=O. The third kappa shape index (κ3) is 9.17. The summed E-state index contributed by atoms with van der Waals surface area (Å²) in [5.41, 5.74) is 0. The predicted octanol–water partition coefficient (Wildman–Crippen LogP) is 4.46. The first-order valence-corrected chi connectivity index (χ1v) is 18.8. The van der Waals surface area contributed by atoms with Crippen LogP contribution < -0.4 is 0 Å². The summed E-state index contributed by atoms with van der Waals surface area (Å²) in [5, 5.41) is 0. The van der Waals surface area contributed by atoms with E-state index in [1.807, 2.05) is 10.0 Å². The quantitative estimate of drug-likeness (QED) is 0.212. The number of hydrogen-bond donors (Lipinski definition) is 0. The fraction of sp³-hybridized carbons (Fsp3) is 0.846. The van der Waals surface area contributed by atoms with E-state index in [1.54, 1.807) is 0 Å². The molecule has 5 unspecified atom stereocenters. The molecule has 2 saturated carbocycles. The minimum absolute atomic E-state index is 0.521. The van der Waals surface area contributed by atoms with Crippen LogP contribution in [0.4, 0.5) is 0 Å². The molecule has 11 heteroatoms. The van der Waals surface area contributed by atoms with Gasteiger partial charge in [0, 0.05) is 0 Å². The van der Waals surface area contributed by atoms with E-state index in [2.05, 4.69) is 0 Å². The van der Waals surface area contributed by atoms with E-state index in [1.165, 1.54) is 91.9 Å². The fourth-order valence-electron chi connectivity index (χ4n) is 5.59. The zero-order valence-corrected chi connectivity index (χ0v) is 25.0. The third-order valence-corrected chi connectivity index (χ3v) is 18.9. The van der Waals surface area contributed by atoms with E-state index >= 15 is 0 Å². The van der Waals surface area contributed by atoms with Crippen molar-refractivity contribution in [2.75, 3.05) is 5.75 Å². The van der Waals surface area contributed by atoms with Crippen molar-refractivity contribution in [2.24, 2.45) is 0 Å². The standard InChI is InChI=1S/C26H41AsO9S/c1-16(28)32-23-22(15-37-27(20-11-7-5-8-12-20)21-13-9-6-10-14-21)36-26(35-19(4)31)25(34-18(3)30)24(23)33-17(2)29/h20-26H,5-15H2,1-4H3. The van der Waals surface area contributed by atoms with Crippen molar-refractivity contribution in [1.82, 2.24) is 0 Å². The van der Waals surface area contributed by atoms with Crippen LogP contribution in [0.3, 0.4) is 0 Å². The van der Waals surface area contributed by atoms with Gasteiger partial charge in [-0.25, -0.2) is 0 Å². The topological polar surface area (TPSA) is 114 Å². The van der Waals surface area contributed by atoms with Crippen LogP contribution in [0.5, 0.6) is 0 Å². The number of hydrogen-bond acceptors (Lipinski definition) is 10. The normalized spacial score (nSPS) is 29.4. The second-order valence-electron chi connectivity index (χ2n) is 10.1. The van der Waals surface area contributed by atoms with Crippen molar-refractivity contribution in [3.05, 3.63) is 0 Å². The Morgan fingerprint density at radius 1 is 0.649 bits per heavy atom. The van der Waals surface area contributed by atoms with Crippen LogP contribution in [0, 0.1) is 0 Å². The van der Waals surface area contributed by atoms with Crippen LogP contribution in [0.15, 0.2) is 0 Å². The molecular formula is C26H41AsO9S. The van der Waals surface area contributed by atoms with Gasteiger partial charge in [0.15, 0.2) is 0 Å². The zero-order chi connectivity index (χ0) is 26.9. The predicted molar refractivity (Wildman–Crippen MR) is 139 cm³/mol. The molecule has 37 heavy (non-hydrogen) atoms. The zero-order valence-electron chi connectivity index (χ0n) is 22.3. The van der Waals surface area contributed by atoms with Gasteiger partial charge in [-0.05, 0) is 0 Å². The van der Waals surface area contributed by atoms with Crippen LogP contribution in [-0.2, 0) is 42.9 Å². The molecule has 3 rings (SSSR count). The monoisotopic (exact) mass is 604 g/mol. The van der Waals surface area contributed by atoms with E-state index in [0.29, 0.717) is 5.75 Å². The number of carbonyl (C=O) groups is 4. The van der Waals surface area contributed by atoms with Crippen molar-refractivity contribution < 1.29 is 42.9 Å². The van der Waals surface area contributed by atoms with Gasteiger partial charge in [0.2, 0.25) is 0 Å². The van der Waals surface area contributed by atoms with E-state index in [-0.39, 0.29) is 0 Å². The number of ether oxygens (including phenoxy) is 5. The molecule has 0 bridgehead atoms. The summed E-state index contributed by atoms with van der Waals surface area (Å²) < 4.78 is 29.6. The molecule has 0 aromatic carbocycles. The van der Waals surface area contributed by atoms with Gasteiger partial charge < -0.3 is 0 Å². The summed E-state index contributed by atoms with van der Waals surface area (Å²) in [6.07, 6.45) is 7.46. The summed E-state index contributed by atoms with van der Waals surface area (Å²) in [6.45, 7) is 4.93. The molecule has 0 radical (unpaired) electrons. The Morgan fingerprint density at radius 3 is 1.54 bits per heavy atom. The Hall–Kier alpha value is -1.25. The van der Waals surface area contributed by atoms with E-state index in [9.17, 15) is 19.2 Å². The Labute approximate surface area is 227 Å². The first-order chi connectivity index (χ1) is 17.7. The van der Waals surface area contributed by atoms with Crippen molar-refractivity contribution in [1.29, 1.82) is 0 Å². The minimum atomic E-state index is -1.36. The number of carbonyl (C=O) groups excluding carboxylic acids is 4. The molecule has 5 atom stereocenters. The van der Waals surface area contributed by atoms with Crippen LogP contribution in [0.25, 0.3) is 0 Å². The van der Waals surface area contributed by atoms with Gasteiger partial charge in [0.25, 0.3) is 0 Å². The molecular weight excluding hydrogens is 563 g/mol. The first kappa shape index (κ1) is 30.3. The summed E-state index contributed by atoms with van der Waals surface area (Å²) in [5.74, 6) is -1.97. The maximum absolute atomic E-state index is 12.1. The molecule has 0 N–H and O–H groups in total. The second kappa shape index (κ2) is 14.8. The number of rotatable bonds is 9. The van der Waals surface area contributed by atoms with Gasteiger partial charge in [-0.15, -0.1) is 0 Å². The van der Waals surface area contributed by atoms with Gasteiger partial charge in [-0.3, -0.25) is 0 Å². The van der Waals surface area contributed by atoms with Crippen molar-refractivity contribution >= 4 is 47.4 Å². The van der Waals surface area contributed by atoms with Gasteiger partial charge in [-0.1, -0.05) is 0 Å². The molecule has 1 heterocycles. The van der Waals surface area contributed by atoms with Crippen molar-refractivity contribution in [3.8, 4) is 0 Å². The molecule has 210 valence electrons. The molecule has 2 aliphatic carbocycles. The van der Waals surface area contributed by atoms with Crippen LogP contribution in [-0.4, -0.2) is 73.8 Å². The molecule has 0 aromatic heterocycles.